The predicted molar refractivity (Wildman–Crippen MR) is 127 cm³/mol. The fraction of sp³-hybridized carbons (Fsp3) is 0.136. The van der Waals surface area contributed by atoms with Crippen molar-refractivity contribution in [3.05, 3.63) is 86.9 Å². The zero-order valence-electron chi connectivity index (χ0n) is 17.0. The first-order valence-corrected chi connectivity index (χ1v) is 10.8. The number of H-pyrrole nitrogens is 1. The highest BCUT2D eigenvalue weighted by Crippen LogP contribution is 2.37. The molecule has 2 N–H and O–H groups in total. The summed E-state index contributed by atoms with van der Waals surface area (Å²) in [6.07, 6.45) is 3.40. The van der Waals surface area contributed by atoms with E-state index in [1.807, 2.05) is 48.5 Å². The van der Waals surface area contributed by atoms with E-state index < -0.39 is 0 Å². The smallest absolute Gasteiger partial charge is 0.214 e. The maximum atomic E-state index is 6.52. The van der Waals surface area contributed by atoms with Gasteiger partial charge in [-0.25, -0.2) is 9.77 Å². The summed E-state index contributed by atoms with van der Waals surface area (Å²) in [7, 11) is 1.57. The van der Waals surface area contributed by atoms with Crippen LogP contribution in [0.3, 0.4) is 0 Å². The third-order valence-electron chi connectivity index (χ3n) is 4.67. The third kappa shape index (κ3) is 4.88. The van der Waals surface area contributed by atoms with Crippen LogP contribution in [-0.4, -0.2) is 27.0 Å². The number of nitrogens with one attached hydrogen (secondary N) is 2. The van der Waals surface area contributed by atoms with Gasteiger partial charge in [0, 0.05) is 28.5 Å². The molecule has 0 radical (unpaired) electrons. The Morgan fingerprint density at radius 2 is 1.88 bits per heavy atom. The molecule has 0 unspecified atom stereocenters. The molecule has 2 aromatic heterocycles. The molecule has 2 aromatic carbocycles. The maximum Gasteiger partial charge on any atom is 0.214 e. The molecule has 0 atom stereocenters. The third-order valence-corrected chi connectivity index (χ3v) is 5.59. The molecule has 32 heavy (non-hydrogen) atoms. The predicted octanol–water partition coefficient (Wildman–Crippen LogP) is 5.64. The van der Waals surface area contributed by atoms with Crippen molar-refractivity contribution < 1.29 is 9.47 Å². The lowest BCUT2D eigenvalue weighted by Gasteiger charge is -2.16. The van der Waals surface area contributed by atoms with Gasteiger partial charge in [-0.15, -0.1) is 0 Å². The Balaban J connectivity index is 1.52. The molecule has 0 saturated carbocycles. The molecular weight excluding hydrogens is 469 g/mol. The highest BCUT2D eigenvalue weighted by atomic mass is 35.5. The Morgan fingerprint density at radius 1 is 1.09 bits per heavy atom. The minimum absolute atomic E-state index is 0.271. The number of methoxy groups -OCH3 is 1. The van der Waals surface area contributed by atoms with E-state index in [9.17, 15) is 0 Å². The molecular formula is C22H19Cl2N5O2S. The van der Waals surface area contributed by atoms with Crippen molar-refractivity contribution in [2.75, 3.05) is 12.5 Å². The molecule has 0 spiro atoms. The number of hydrogen-bond acceptors (Lipinski definition) is 6. The van der Waals surface area contributed by atoms with E-state index in [0.29, 0.717) is 38.7 Å². The van der Waals surface area contributed by atoms with Gasteiger partial charge in [-0.1, -0.05) is 41.4 Å². The van der Waals surface area contributed by atoms with Gasteiger partial charge in [-0.2, -0.15) is 5.10 Å². The Labute approximate surface area is 199 Å². The number of nitrogens with zero attached hydrogens (tertiary/aromatic N) is 3. The number of aromatic amines is 1. The summed E-state index contributed by atoms with van der Waals surface area (Å²) in [5, 5.41) is 8.16. The van der Waals surface area contributed by atoms with Crippen LogP contribution < -0.4 is 14.9 Å². The fourth-order valence-corrected chi connectivity index (χ4v) is 3.76. The summed E-state index contributed by atoms with van der Waals surface area (Å²) < 4.78 is 13.6. The molecule has 0 fully saturated rings. The van der Waals surface area contributed by atoms with Crippen LogP contribution in [0.15, 0.2) is 60.9 Å². The van der Waals surface area contributed by atoms with Crippen molar-refractivity contribution in [2.24, 2.45) is 0 Å². The van der Waals surface area contributed by atoms with Crippen molar-refractivity contribution in [2.45, 2.75) is 13.2 Å². The Morgan fingerprint density at radius 3 is 2.62 bits per heavy atom. The van der Waals surface area contributed by atoms with Gasteiger partial charge in [0.25, 0.3) is 0 Å². The monoisotopic (exact) mass is 487 g/mol. The first-order valence-electron chi connectivity index (χ1n) is 9.61. The number of rotatable bonds is 8. The van der Waals surface area contributed by atoms with Crippen LogP contribution in [0.4, 0.5) is 0 Å². The summed E-state index contributed by atoms with van der Waals surface area (Å²) in [6, 6.07) is 14.9. The molecule has 7 nitrogen and oxygen atoms in total. The average molecular weight is 488 g/mol. The van der Waals surface area contributed by atoms with Crippen molar-refractivity contribution in [3.63, 3.8) is 0 Å². The van der Waals surface area contributed by atoms with Crippen molar-refractivity contribution in [3.8, 4) is 22.9 Å². The lowest BCUT2D eigenvalue weighted by atomic mass is 10.2. The van der Waals surface area contributed by atoms with Gasteiger partial charge in [0.05, 0.1) is 18.7 Å². The molecule has 164 valence electrons. The topological polar surface area (TPSA) is 77.0 Å². The zero-order valence-corrected chi connectivity index (χ0v) is 19.3. The molecule has 0 aliphatic carbocycles. The summed E-state index contributed by atoms with van der Waals surface area (Å²) >= 11 is 18.1. The summed E-state index contributed by atoms with van der Waals surface area (Å²) in [4.78, 5) is 4.04. The van der Waals surface area contributed by atoms with Crippen LogP contribution in [0.25, 0.3) is 11.4 Å². The number of hydrogen-bond donors (Lipinski definition) is 2. The highest BCUT2D eigenvalue weighted by Gasteiger charge is 2.14. The van der Waals surface area contributed by atoms with Crippen LogP contribution in [0, 0.1) is 4.77 Å². The number of benzene rings is 2. The quantitative estimate of drug-likeness (QED) is 0.313. The van der Waals surface area contributed by atoms with Gasteiger partial charge in [0.15, 0.2) is 17.3 Å². The Bertz CT molecular complexity index is 1280. The van der Waals surface area contributed by atoms with E-state index in [0.717, 1.165) is 16.7 Å². The second kappa shape index (κ2) is 10.0. The number of pyridine rings is 1. The van der Waals surface area contributed by atoms with Gasteiger partial charge in [-0.05, 0) is 48.1 Å². The summed E-state index contributed by atoms with van der Waals surface area (Å²) in [5.41, 5.74) is 5.87. The van der Waals surface area contributed by atoms with Crippen LogP contribution >= 0.6 is 35.4 Å². The van der Waals surface area contributed by atoms with E-state index in [-0.39, 0.29) is 6.61 Å². The maximum absolute atomic E-state index is 6.52. The Hall–Kier alpha value is -3.07. The fourth-order valence-electron chi connectivity index (χ4n) is 3.09. The lowest BCUT2D eigenvalue weighted by Crippen LogP contribution is -2.16. The molecule has 0 bridgehead atoms. The summed E-state index contributed by atoms with van der Waals surface area (Å²) in [6.45, 7) is 0.694. The van der Waals surface area contributed by atoms with E-state index in [1.54, 1.807) is 24.2 Å². The Kier molecular flexibility index (Phi) is 6.94. The van der Waals surface area contributed by atoms with Crippen molar-refractivity contribution in [1.29, 1.82) is 0 Å². The highest BCUT2D eigenvalue weighted by molar-refractivity contribution is 7.71. The van der Waals surface area contributed by atoms with E-state index in [2.05, 4.69) is 20.6 Å². The second-order valence-corrected chi connectivity index (χ2v) is 7.95. The molecule has 0 aliphatic rings. The molecule has 0 saturated heterocycles. The summed E-state index contributed by atoms with van der Waals surface area (Å²) in [5.74, 6) is 1.62. The van der Waals surface area contributed by atoms with Gasteiger partial charge >= 0.3 is 0 Å². The molecule has 2 heterocycles. The minimum atomic E-state index is 0.271. The van der Waals surface area contributed by atoms with Gasteiger partial charge in [0.1, 0.15) is 6.61 Å². The lowest BCUT2D eigenvalue weighted by molar-refractivity contribution is 0.284. The van der Waals surface area contributed by atoms with E-state index in [1.165, 1.54) is 0 Å². The van der Waals surface area contributed by atoms with Gasteiger partial charge < -0.3 is 14.9 Å². The van der Waals surface area contributed by atoms with Gasteiger partial charge in [0.2, 0.25) is 4.77 Å². The van der Waals surface area contributed by atoms with Crippen LogP contribution in [0.5, 0.6) is 11.5 Å². The zero-order chi connectivity index (χ0) is 22.5. The largest absolute Gasteiger partial charge is 0.493 e. The number of halogens is 2. The van der Waals surface area contributed by atoms with Crippen molar-refractivity contribution >= 4 is 35.4 Å². The first kappa shape index (κ1) is 22.1. The average Bonchev–Trinajstić information content (AvgIpc) is 3.18. The minimum Gasteiger partial charge on any atom is -0.493 e. The number of aromatic nitrogens is 4. The molecule has 10 heteroatoms. The van der Waals surface area contributed by atoms with Crippen LogP contribution in [0.2, 0.25) is 10.0 Å². The second-order valence-electron chi connectivity index (χ2n) is 6.75. The van der Waals surface area contributed by atoms with Crippen molar-refractivity contribution in [1.82, 2.24) is 19.9 Å². The molecule has 4 aromatic rings. The molecule has 4 rings (SSSR count). The van der Waals surface area contributed by atoms with Crippen LogP contribution in [0.1, 0.15) is 11.1 Å². The standard InChI is InChI=1S/C22H19Cl2N5O2S/c1-30-19-11-14(10-18(24)20(19)31-13-16-4-2-3-5-17(16)23)12-26-29-21(27-28-22(29)32)15-6-8-25-9-7-15/h2-11,26H,12-13H2,1H3,(H,28,32). The number of ether oxygens (including phenoxy) is 2. The van der Waals surface area contributed by atoms with E-state index >= 15 is 0 Å². The first-order chi connectivity index (χ1) is 15.6. The molecule has 0 amide bonds. The SMILES string of the molecule is COc1cc(CNn2c(-c3ccncc3)n[nH]c2=S)cc(Cl)c1OCc1ccccc1Cl. The molecule has 0 aliphatic heterocycles. The van der Waals surface area contributed by atoms with Crippen LogP contribution in [-0.2, 0) is 13.2 Å². The normalized spacial score (nSPS) is 10.7. The van der Waals surface area contributed by atoms with Gasteiger partial charge in [-0.3, -0.25) is 4.98 Å². The van der Waals surface area contributed by atoms with E-state index in [4.69, 9.17) is 44.9 Å².